The van der Waals surface area contributed by atoms with Gasteiger partial charge in [0.2, 0.25) is 0 Å². The minimum absolute atomic E-state index is 0. The molecular formula is C16H24Zr. The molecule has 0 spiro atoms. The first-order chi connectivity index (χ1) is 6.61. The zero-order valence-electron chi connectivity index (χ0n) is 12.1. The van der Waals surface area contributed by atoms with E-state index in [1.165, 1.54) is 22.3 Å². The van der Waals surface area contributed by atoms with Crippen LogP contribution < -0.4 is 0 Å². The molecule has 0 nitrogen and oxygen atoms in total. The SMILES string of the molecule is CC1=[C-]CC=C1C.CC1=[C-]CC=C1C.[CH3-].[CH3-].[Zr+4]. The van der Waals surface area contributed by atoms with Crippen molar-refractivity contribution in [1.29, 1.82) is 0 Å². The molecule has 0 saturated carbocycles. The first kappa shape index (κ1) is 22.1. The van der Waals surface area contributed by atoms with Crippen molar-refractivity contribution in [3.05, 3.63) is 61.4 Å². The summed E-state index contributed by atoms with van der Waals surface area (Å²) in [4.78, 5) is 0. The average molecular weight is 308 g/mol. The van der Waals surface area contributed by atoms with Crippen molar-refractivity contribution in [3.8, 4) is 0 Å². The smallest absolute Gasteiger partial charge is 0.358 e. The number of hydrogen-bond acceptors (Lipinski definition) is 0. The molecule has 0 N–H and O–H groups in total. The minimum Gasteiger partial charge on any atom is -0.358 e. The van der Waals surface area contributed by atoms with Crippen LogP contribution in [0.25, 0.3) is 0 Å². The molecular weight excluding hydrogens is 283 g/mol. The Bertz CT molecular complexity index is 261. The van der Waals surface area contributed by atoms with Crippen molar-refractivity contribution in [2.45, 2.75) is 40.5 Å². The molecule has 0 atom stereocenters. The van der Waals surface area contributed by atoms with Crippen molar-refractivity contribution in [3.63, 3.8) is 0 Å². The summed E-state index contributed by atoms with van der Waals surface area (Å²) in [6, 6.07) is 0. The van der Waals surface area contributed by atoms with Crippen molar-refractivity contribution < 1.29 is 26.2 Å². The van der Waals surface area contributed by atoms with Crippen molar-refractivity contribution in [1.82, 2.24) is 0 Å². The molecule has 0 amide bonds. The molecule has 2 rings (SSSR count). The normalized spacial score (nSPS) is 15.8. The Kier molecular flexibility index (Phi) is 14.2. The van der Waals surface area contributed by atoms with E-state index in [1.54, 1.807) is 0 Å². The molecule has 0 saturated heterocycles. The Morgan fingerprint density at radius 1 is 0.765 bits per heavy atom. The quantitative estimate of drug-likeness (QED) is 0.548. The molecule has 0 aromatic heterocycles. The Hall–Kier alpha value is -0.157. The predicted octanol–water partition coefficient (Wildman–Crippen LogP) is 5.07. The average Bonchev–Trinajstić information content (AvgIpc) is 2.67. The van der Waals surface area contributed by atoms with Crippen LogP contribution in [0, 0.1) is 27.0 Å². The van der Waals surface area contributed by atoms with Gasteiger partial charge in [0, 0.05) is 0 Å². The van der Waals surface area contributed by atoms with E-state index >= 15 is 0 Å². The first-order valence-electron chi connectivity index (χ1n) is 5.10. The summed E-state index contributed by atoms with van der Waals surface area (Å²) in [7, 11) is 0. The fraction of sp³-hybridized carbons (Fsp3) is 0.375. The summed E-state index contributed by atoms with van der Waals surface area (Å²) in [5, 5.41) is 0. The predicted molar refractivity (Wildman–Crippen MR) is 74.4 cm³/mol. The molecule has 0 radical (unpaired) electrons. The standard InChI is InChI=1S/2C7H9.2CH3.Zr/c2*1-6-4-3-5-7(6)2;;;/h2*4H,3H2,1-2H3;2*1H3;/q4*-1;+4. The van der Waals surface area contributed by atoms with Crippen LogP contribution in [0.15, 0.2) is 34.4 Å². The molecule has 17 heavy (non-hydrogen) atoms. The fourth-order valence-corrected chi connectivity index (χ4v) is 1.30. The molecule has 2 aliphatic rings. The van der Waals surface area contributed by atoms with Crippen LogP contribution in [-0.4, -0.2) is 0 Å². The Morgan fingerprint density at radius 2 is 1.06 bits per heavy atom. The Balaban J connectivity index is -0.000000196. The first-order valence-corrected chi connectivity index (χ1v) is 5.10. The number of hydrogen-bond donors (Lipinski definition) is 0. The van der Waals surface area contributed by atoms with Crippen LogP contribution in [0.3, 0.4) is 0 Å². The van der Waals surface area contributed by atoms with Crippen LogP contribution >= 0.6 is 0 Å². The number of allylic oxidation sites excluding steroid dienone is 8. The summed E-state index contributed by atoms with van der Waals surface area (Å²) in [5.41, 5.74) is 5.42. The van der Waals surface area contributed by atoms with E-state index in [4.69, 9.17) is 0 Å². The van der Waals surface area contributed by atoms with Gasteiger partial charge in [-0.05, 0) is 0 Å². The minimum atomic E-state index is 0. The molecule has 0 aromatic rings. The molecule has 0 aromatic carbocycles. The van der Waals surface area contributed by atoms with Gasteiger partial charge in [0.25, 0.3) is 0 Å². The number of rotatable bonds is 0. The summed E-state index contributed by atoms with van der Waals surface area (Å²) in [6.07, 6.45) is 12.8. The van der Waals surface area contributed by atoms with Gasteiger partial charge in [-0.1, -0.05) is 13.8 Å². The van der Waals surface area contributed by atoms with Crippen LogP contribution in [0.2, 0.25) is 0 Å². The fourth-order valence-electron chi connectivity index (χ4n) is 1.30. The van der Waals surface area contributed by atoms with Crippen molar-refractivity contribution in [2.24, 2.45) is 0 Å². The van der Waals surface area contributed by atoms with E-state index < -0.39 is 0 Å². The van der Waals surface area contributed by atoms with Gasteiger partial charge in [0.15, 0.2) is 0 Å². The van der Waals surface area contributed by atoms with Crippen LogP contribution in [-0.2, 0) is 26.2 Å². The second-order valence-electron chi connectivity index (χ2n) is 3.79. The summed E-state index contributed by atoms with van der Waals surface area (Å²) in [5.74, 6) is 0. The van der Waals surface area contributed by atoms with Crippen LogP contribution in [0.4, 0.5) is 0 Å². The summed E-state index contributed by atoms with van der Waals surface area (Å²) in [6.45, 7) is 8.43. The molecule has 1 heteroatoms. The molecule has 92 valence electrons. The zero-order valence-corrected chi connectivity index (χ0v) is 14.5. The van der Waals surface area contributed by atoms with E-state index in [2.05, 4.69) is 52.0 Å². The molecule has 0 unspecified atom stereocenters. The van der Waals surface area contributed by atoms with Gasteiger partial charge in [-0.2, -0.15) is 12.2 Å². The van der Waals surface area contributed by atoms with Gasteiger partial charge in [-0.25, -0.2) is 22.3 Å². The van der Waals surface area contributed by atoms with E-state index in [-0.39, 0.29) is 41.1 Å². The Labute approximate surface area is 128 Å². The van der Waals surface area contributed by atoms with E-state index in [1.807, 2.05) is 0 Å². The molecule has 0 fully saturated rings. The zero-order chi connectivity index (χ0) is 10.6. The molecule has 2 aliphatic carbocycles. The second kappa shape index (κ2) is 11.0. The summed E-state index contributed by atoms with van der Waals surface area (Å²) < 4.78 is 0. The van der Waals surface area contributed by atoms with Crippen LogP contribution in [0.1, 0.15) is 40.5 Å². The molecule has 0 aliphatic heterocycles. The second-order valence-corrected chi connectivity index (χ2v) is 3.79. The van der Waals surface area contributed by atoms with E-state index in [0.29, 0.717) is 0 Å². The van der Waals surface area contributed by atoms with Crippen molar-refractivity contribution in [2.75, 3.05) is 0 Å². The van der Waals surface area contributed by atoms with Gasteiger partial charge in [0.1, 0.15) is 0 Å². The third kappa shape index (κ3) is 7.71. The molecule has 0 bridgehead atoms. The van der Waals surface area contributed by atoms with E-state index in [9.17, 15) is 0 Å². The van der Waals surface area contributed by atoms with Gasteiger partial charge in [-0.15, -0.1) is 26.7 Å². The monoisotopic (exact) mass is 306 g/mol. The maximum atomic E-state index is 3.19. The van der Waals surface area contributed by atoms with Crippen LogP contribution in [0.5, 0.6) is 0 Å². The largest absolute Gasteiger partial charge is 4.00 e. The molecule has 0 heterocycles. The maximum absolute atomic E-state index is 3.19. The maximum Gasteiger partial charge on any atom is 4.00 e. The summed E-state index contributed by atoms with van der Waals surface area (Å²) >= 11 is 0. The third-order valence-electron chi connectivity index (χ3n) is 2.73. The van der Waals surface area contributed by atoms with Gasteiger partial charge >= 0.3 is 26.2 Å². The van der Waals surface area contributed by atoms with Gasteiger partial charge < -0.3 is 14.9 Å². The van der Waals surface area contributed by atoms with Gasteiger partial charge in [-0.3, -0.25) is 12.2 Å². The Morgan fingerprint density at radius 3 is 1.12 bits per heavy atom. The topological polar surface area (TPSA) is 0 Å². The third-order valence-corrected chi connectivity index (χ3v) is 2.73. The van der Waals surface area contributed by atoms with E-state index in [0.717, 1.165) is 12.8 Å². The van der Waals surface area contributed by atoms with Crippen molar-refractivity contribution >= 4 is 0 Å². The van der Waals surface area contributed by atoms with Gasteiger partial charge in [0.05, 0.1) is 0 Å².